The van der Waals surface area contributed by atoms with Gasteiger partial charge in [-0.2, -0.15) is 0 Å². The van der Waals surface area contributed by atoms with Crippen molar-refractivity contribution in [1.29, 1.82) is 0 Å². The van der Waals surface area contributed by atoms with Crippen LogP contribution in [0.25, 0.3) is 11.0 Å². The largest absolute Gasteiger partial charge is 0.367 e. The molecule has 2 heterocycles. The van der Waals surface area contributed by atoms with E-state index in [1.54, 1.807) is 0 Å². The molecule has 0 bridgehead atoms. The molecule has 4 nitrogen and oxygen atoms in total. The Bertz CT molecular complexity index is 618. The maximum absolute atomic E-state index is 6.17. The number of hydrogen-bond acceptors (Lipinski definition) is 3. The number of morpholine rings is 1. The highest BCUT2D eigenvalue weighted by molar-refractivity contribution is 5.75. The summed E-state index contributed by atoms with van der Waals surface area (Å²) in [4.78, 5) is 4.75. The first-order chi connectivity index (χ1) is 9.77. The van der Waals surface area contributed by atoms with Gasteiger partial charge in [0.1, 0.15) is 11.9 Å². The van der Waals surface area contributed by atoms with Crippen molar-refractivity contribution in [2.45, 2.75) is 37.3 Å². The van der Waals surface area contributed by atoms with Gasteiger partial charge in [-0.15, -0.1) is 0 Å². The van der Waals surface area contributed by atoms with E-state index in [2.05, 4.69) is 35.1 Å². The Morgan fingerprint density at radius 2 is 2.10 bits per heavy atom. The van der Waals surface area contributed by atoms with Gasteiger partial charge in [0.05, 0.1) is 17.6 Å². The van der Waals surface area contributed by atoms with Gasteiger partial charge in [-0.1, -0.05) is 25.0 Å². The summed E-state index contributed by atoms with van der Waals surface area (Å²) in [5.74, 6) is 1.03. The third-order valence-electron chi connectivity index (χ3n) is 4.89. The first-order valence-corrected chi connectivity index (χ1v) is 7.55. The van der Waals surface area contributed by atoms with Gasteiger partial charge in [0.15, 0.2) is 0 Å². The Balaban J connectivity index is 1.60. The molecule has 1 aromatic heterocycles. The van der Waals surface area contributed by atoms with E-state index in [4.69, 9.17) is 9.72 Å². The van der Waals surface area contributed by atoms with E-state index in [-0.39, 0.29) is 11.6 Å². The molecule has 2 fully saturated rings. The molecule has 4 rings (SSSR count). The first-order valence-electron chi connectivity index (χ1n) is 7.55. The van der Waals surface area contributed by atoms with Crippen molar-refractivity contribution in [3.05, 3.63) is 30.1 Å². The minimum Gasteiger partial charge on any atom is -0.367 e. The van der Waals surface area contributed by atoms with Crippen LogP contribution in [0, 0.1) is 0 Å². The molecule has 1 aliphatic carbocycles. The van der Waals surface area contributed by atoms with Crippen LogP contribution in [0.4, 0.5) is 0 Å². The molecule has 2 aromatic rings. The number of aromatic nitrogens is 2. The molecular weight excluding hydrogens is 250 g/mol. The summed E-state index contributed by atoms with van der Waals surface area (Å²) in [6.07, 6.45) is 5.23. The van der Waals surface area contributed by atoms with Gasteiger partial charge in [0.2, 0.25) is 0 Å². The summed E-state index contributed by atoms with van der Waals surface area (Å²) in [6, 6.07) is 8.27. The van der Waals surface area contributed by atoms with Crippen molar-refractivity contribution >= 4 is 11.0 Å². The zero-order valence-corrected chi connectivity index (χ0v) is 11.9. The van der Waals surface area contributed by atoms with Gasteiger partial charge in [-0.05, 0) is 25.0 Å². The fourth-order valence-electron chi connectivity index (χ4n) is 3.67. The van der Waals surface area contributed by atoms with Crippen LogP contribution >= 0.6 is 0 Å². The third kappa shape index (κ3) is 1.86. The van der Waals surface area contributed by atoms with Crippen molar-refractivity contribution in [2.24, 2.45) is 7.05 Å². The maximum atomic E-state index is 6.17. The topological polar surface area (TPSA) is 39.1 Å². The molecular formula is C16H21N3O. The van der Waals surface area contributed by atoms with E-state index < -0.39 is 0 Å². The van der Waals surface area contributed by atoms with Crippen molar-refractivity contribution in [3.8, 4) is 0 Å². The number of imidazole rings is 1. The summed E-state index contributed by atoms with van der Waals surface area (Å²) in [5, 5.41) is 3.74. The number of rotatable bonds is 1. The number of fused-ring (bicyclic) bond motifs is 1. The molecule has 1 unspecified atom stereocenters. The average Bonchev–Trinajstić information content (AvgIpc) is 3.07. The lowest BCUT2D eigenvalue weighted by Gasteiger charge is -2.38. The zero-order chi connectivity index (χ0) is 13.6. The fourth-order valence-corrected chi connectivity index (χ4v) is 3.67. The predicted molar refractivity (Wildman–Crippen MR) is 78.6 cm³/mol. The van der Waals surface area contributed by atoms with Crippen LogP contribution in [-0.4, -0.2) is 28.2 Å². The monoisotopic (exact) mass is 271 g/mol. The molecule has 1 spiro atoms. The molecule has 20 heavy (non-hydrogen) atoms. The highest BCUT2D eigenvalue weighted by Gasteiger charge is 2.39. The van der Waals surface area contributed by atoms with E-state index in [1.807, 2.05) is 6.07 Å². The molecule has 0 amide bonds. The fraction of sp³-hybridized carbons (Fsp3) is 0.562. The van der Waals surface area contributed by atoms with Gasteiger partial charge in [0, 0.05) is 19.1 Å². The number of nitrogens with one attached hydrogen (secondary N) is 1. The van der Waals surface area contributed by atoms with Crippen LogP contribution in [-0.2, 0) is 11.8 Å². The van der Waals surface area contributed by atoms with Crippen molar-refractivity contribution < 1.29 is 4.74 Å². The van der Waals surface area contributed by atoms with E-state index >= 15 is 0 Å². The number of ether oxygens (including phenoxy) is 1. The summed E-state index contributed by atoms with van der Waals surface area (Å²) in [7, 11) is 2.08. The Morgan fingerprint density at radius 3 is 2.80 bits per heavy atom. The minimum atomic E-state index is 0.0682. The summed E-state index contributed by atoms with van der Waals surface area (Å²) < 4.78 is 8.33. The van der Waals surface area contributed by atoms with Crippen LogP contribution in [0.3, 0.4) is 0 Å². The summed E-state index contributed by atoms with van der Waals surface area (Å²) >= 11 is 0. The molecule has 1 aliphatic heterocycles. The van der Waals surface area contributed by atoms with Crippen LogP contribution < -0.4 is 5.32 Å². The number of nitrogens with zero attached hydrogens (tertiary/aromatic N) is 2. The van der Waals surface area contributed by atoms with Crippen LogP contribution in [0.2, 0.25) is 0 Å². The Kier molecular flexibility index (Phi) is 2.82. The van der Waals surface area contributed by atoms with Gasteiger partial charge >= 0.3 is 0 Å². The summed E-state index contributed by atoms with van der Waals surface area (Å²) in [6.45, 7) is 1.69. The highest BCUT2D eigenvalue weighted by atomic mass is 16.5. The second-order valence-electron chi connectivity index (χ2n) is 6.19. The molecule has 1 aromatic carbocycles. The molecule has 1 atom stereocenters. The quantitative estimate of drug-likeness (QED) is 0.866. The second-order valence-corrected chi connectivity index (χ2v) is 6.19. The van der Waals surface area contributed by atoms with Crippen molar-refractivity contribution in [1.82, 2.24) is 14.9 Å². The molecule has 1 saturated carbocycles. The van der Waals surface area contributed by atoms with E-state index in [0.29, 0.717) is 0 Å². The molecule has 0 radical (unpaired) electrons. The van der Waals surface area contributed by atoms with Gasteiger partial charge in [0.25, 0.3) is 0 Å². The second kappa shape index (κ2) is 4.57. The van der Waals surface area contributed by atoms with Gasteiger partial charge in [-0.3, -0.25) is 0 Å². The first kappa shape index (κ1) is 12.4. The molecule has 1 saturated heterocycles. The van der Waals surface area contributed by atoms with Crippen molar-refractivity contribution in [3.63, 3.8) is 0 Å². The lowest BCUT2D eigenvalue weighted by Crippen LogP contribution is -2.53. The smallest absolute Gasteiger partial charge is 0.140 e. The molecule has 106 valence electrons. The van der Waals surface area contributed by atoms with E-state index in [0.717, 1.165) is 24.5 Å². The Hall–Kier alpha value is -1.39. The molecule has 1 N–H and O–H groups in total. The predicted octanol–water partition coefficient (Wildman–Crippen LogP) is 2.55. The number of benzene rings is 1. The summed E-state index contributed by atoms with van der Waals surface area (Å²) in [5.41, 5.74) is 2.48. The van der Waals surface area contributed by atoms with Crippen LogP contribution in [0.1, 0.15) is 37.6 Å². The third-order valence-corrected chi connectivity index (χ3v) is 4.89. The molecule has 2 aliphatic rings. The SMILES string of the molecule is Cn1c(C2CNC3(CCCC3)CO2)nc2ccccc21. The van der Waals surface area contributed by atoms with Crippen molar-refractivity contribution in [2.75, 3.05) is 13.2 Å². The number of para-hydroxylation sites is 2. The van der Waals surface area contributed by atoms with Gasteiger partial charge in [-0.25, -0.2) is 4.98 Å². The lowest BCUT2D eigenvalue weighted by atomic mass is 9.96. The molecule has 4 heteroatoms. The maximum Gasteiger partial charge on any atom is 0.140 e. The highest BCUT2D eigenvalue weighted by Crippen LogP contribution is 2.35. The number of hydrogen-bond donors (Lipinski definition) is 1. The standard InChI is InChI=1S/C16H21N3O/c1-19-13-7-3-2-6-12(13)18-15(19)14-10-17-16(11-20-14)8-4-5-9-16/h2-3,6-7,14,17H,4-5,8-11H2,1H3. The Labute approximate surface area is 119 Å². The van der Waals surface area contributed by atoms with Crippen LogP contribution in [0.15, 0.2) is 24.3 Å². The minimum absolute atomic E-state index is 0.0682. The van der Waals surface area contributed by atoms with E-state index in [9.17, 15) is 0 Å². The van der Waals surface area contributed by atoms with E-state index in [1.165, 1.54) is 31.2 Å². The Morgan fingerprint density at radius 1 is 1.30 bits per heavy atom. The van der Waals surface area contributed by atoms with Gasteiger partial charge < -0.3 is 14.6 Å². The lowest BCUT2D eigenvalue weighted by molar-refractivity contribution is -0.0375. The normalized spacial score (nSPS) is 25.6. The number of aryl methyl sites for hydroxylation is 1. The zero-order valence-electron chi connectivity index (χ0n) is 11.9. The average molecular weight is 271 g/mol. The van der Waals surface area contributed by atoms with Crippen LogP contribution in [0.5, 0.6) is 0 Å².